The van der Waals surface area contributed by atoms with E-state index in [1.54, 1.807) is 71.9 Å². The van der Waals surface area contributed by atoms with Crippen molar-refractivity contribution in [2.75, 3.05) is 19.6 Å². The van der Waals surface area contributed by atoms with E-state index in [-0.39, 0.29) is 26.2 Å². The monoisotopic (exact) mass is 480 g/mol. The molecule has 0 radical (unpaired) electrons. The van der Waals surface area contributed by atoms with Crippen molar-refractivity contribution in [2.24, 2.45) is 0 Å². The Bertz CT molecular complexity index is 832. The van der Waals surface area contributed by atoms with Gasteiger partial charge in [-0.25, -0.2) is 14.4 Å². The molecule has 1 aromatic carbocycles. The molecular weight excluding hydrogens is 444 g/mol. The van der Waals surface area contributed by atoms with E-state index in [1.807, 2.05) is 0 Å². The summed E-state index contributed by atoms with van der Waals surface area (Å²) in [4.78, 5) is 49.6. The number of hydrogen-bond donors (Lipinski definition) is 4. The predicted octanol–water partition coefficient (Wildman–Crippen LogP) is 2.70. The first kappa shape index (κ1) is 28.5. The second-order valence-corrected chi connectivity index (χ2v) is 9.57. The van der Waals surface area contributed by atoms with Crippen molar-refractivity contribution in [3.05, 3.63) is 35.9 Å². The third-order valence-electron chi connectivity index (χ3n) is 3.99. The molecular formula is C23H36N4O7. The third kappa shape index (κ3) is 12.5. The Morgan fingerprint density at radius 1 is 0.882 bits per heavy atom. The summed E-state index contributed by atoms with van der Waals surface area (Å²) in [6.45, 7) is 10.0. The van der Waals surface area contributed by atoms with Crippen molar-refractivity contribution < 1.29 is 33.8 Å². The fourth-order valence-corrected chi connectivity index (χ4v) is 2.67. The van der Waals surface area contributed by atoms with Gasteiger partial charge in [0.15, 0.2) is 0 Å². The van der Waals surface area contributed by atoms with Gasteiger partial charge >= 0.3 is 18.3 Å². The van der Waals surface area contributed by atoms with Crippen molar-refractivity contribution in [3.63, 3.8) is 0 Å². The Kier molecular flexibility index (Phi) is 10.6. The number of carboxylic acid groups (broad SMARTS) is 1. The Morgan fingerprint density at radius 2 is 1.41 bits per heavy atom. The Balaban J connectivity index is 2.81. The van der Waals surface area contributed by atoms with Gasteiger partial charge in [0.05, 0.1) is 6.54 Å². The van der Waals surface area contributed by atoms with Crippen LogP contribution in [0.3, 0.4) is 0 Å². The van der Waals surface area contributed by atoms with Crippen LogP contribution < -0.4 is 16.0 Å². The normalized spacial score (nSPS) is 12.2. The molecule has 0 saturated heterocycles. The summed E-state index contributed by atoms with van der Waals surface area (Å²) < 4.78 is 10.3. The van der Waals surface area contributed by atoms with E-state index in [0.29, 0.717) is 0 Å². The van der Waals surface area contributed by atoms with Gasteiger partial charge in [-0.2, -0.15) is 0 Å². The van der Waals surface area contributed by atoms with Crippen LogP contribution in [-0.4, -0.2) is 71.1 Å². The number of hydrogen-bond acceptors (Lipinski definition) is 6. The van der Waals surface area contributed by atoms with Crippen LogP contribution in [0.4, 0.5) is 14.4 Å². The highest BCUT2D eigenvalue weighted by molar-refractivity contribution is 5.86. The Hall–Kier alpha value is -3.50. The smallest absolute Gasteiger partial charge is 0.408 e. The summed E-state index contributed by atoms with van der Waals surface area (Å²) in [5.41, 5.74) is -0.740. The summed E-state index contributed by atoms with van der Waals surface area (Å²) in [5.74, 6) is -0.629. The summed E-state index contributed by atoms with van der Waals surface area (Å²) in [6, 6.07) is 7.65. The summed E-state index contributed by atoms with van der Waals surface area (Å²) in [6.07, 6.45) is -2.74. The molecule has 1 atom stereocenters. The number of amides is 4. The molecule has 0 bridgehead atoms. The van der Waals surface area contributed by atoms with E-state index in [0.717, 1.165) is 10.5 Å². The first-order valence-corrected chi connectivity index (χ1v) is 10.9. The first-order valence-electron chi connectivity index (χ1n) is 10.9. The maximum absolute atomic E-state index is 12.8. The van der Waals surface area contributed by atoms with Gasteiger partial charge in [0.1, 0.15) is 17.2 Å². The van der Waals surface area contributed by atoms with Gasteiger partial charge in [-0.3, -0.25) is 4.79 Å². The zero-order chi connectivity index (χ0) is 25.9. The van der Waals surface area contributed by atoms with E-state index in [9.17, 15) is 24.3 Å². The summed E-state index contributed by atoms with van der Waals surface area (Å²) >= 11 is 0. The van der Waals surface area contributed by atoms with Crippen LogP contribution in [-0.2, 0) is 20.8 Å². The summed E-state index contributed by atoms with van der Waals surface area (Å²) in [5, 5.41) is 17.2. The Labute approximate surface area is 200 Å². The molecule has 11 nitrogen and oxygen atoms in total. The molecule has 0 saturated carbocycles. The number of carbonyl (C=O) groups is 4. The minimum atomic E-state index is -1.25. The minimum Gasteiger partial charge on any atom is -0.465 e. The SMILES string of the molecule is CC(C)(C)OC(=O)NCCNC(=O)[C@H](CN(Cc1ccccc1)C(=O)O)NC(=O)OC(C)(C)C. The summed E-state index contributed by atoms with van der Waals surface area (Å²) in [7, 11) is 0. The fourth-order valence-electron chi connectivity index (χ4n) is 2.67. The molecule has 11 heteroatoms. The second-order valence-electron chi connectivity index (χ2n) is 9.57. The first-order chi connectivity index (χ1) is 15.7. The molecule has 0 heterocycles. The fraction of sp³-hybridized carbons (Fsp3) is 0.565. The van der Waals surface area contributed by atoms with Crippen LogP contribution in [0.15, 0.2) is 30.3 Å². The van der Waals surface area contributed by atoms with Crippen molar-refractivity contribution in [1.82, 2.24) is 20.9 Å². The molecule has 4 N–H and O–H groups in total. The lowest BCUT2D eigenvalue weighted by Gasteiger charge is -2.27. The number of carbonyl (C=O) groups excluding carboxylic acids is 3. The van der Waals surface area contributed by atoms with E-state index in [4.69, 9.17) is 9.47 Å². The number of benzene rings is 1. The number of nitrogens with zero attached hydrogens (tertiary/aromatic N) is 1. The van der Waals surface area contributed by atoms with Crippen molar-refractivity contribution in [3.8, 4) is 0 Å². The molecule has 34 heavy (non-hydrogen) atoms. The van der Waals surface area contributed by atoms with Crippen LogP contribution in [0.2, 0.25) is 0 Å². The van der Waals surface area contributed by atoms with Crippen LogP contribution in [0.1, 0.15) is 47.1 Å². The second kappa shape index (κ2) is 12.7. The topological polar surface area (TPSA) is 146 Å². The van der Waals surface area contributed by atoms with Gasteiger partial charge in [-0.15, -0.1) is 0 Å². The van der Waals surface area contributed by atoms with Crippen molar-refractivity contribution in [1.29, 1.82) is 0 Å². The molecule has 0 fully saturated rings. The van der Waals surface area contributed by atoms with Crippen LogP contribution in [0, 0.1) is 0 Å². The van der Waals surface area contributed by atoms with Gasteiger partial charge < -0.3 is 35.4 Å². The molecule has 1 aromatic rings. The predicted molar refractivity (Wildman–Crippen MR) is 125 cm³/mol. The molecule has 0 aromatic heterocycles. The maximum Gasteiger partial charge on any atom is 0.408 e. The zero-order valence-electron chi connectivity index (χ0n) is 20.6. The number of rotatable bonds is 9. The average Bonchev–Trinajstić information content (AvgIpc) is 2.67. The van der Waals surface area contributed by atoms with E-state index in [2.05, 4.69) is 16.0 Å². The molecule has 1 rings (SSSR count). The van der Waals surface area contributed by atoms with Gasteiger partial charge in [0, 0.05) is 19.6 Å². The minimum absolute atomic E-state index is 0.0240. The lowest BCUT2D eigenvalue weighted by Crippen LogP contribution is -2.54. The van der Waals surface area contributed by atoms with E-state index < -0.39 is 41.4 Å². The molecule has 0 aliphatic carbocycles. The molecule has 4 amide bonds. The average molecular weight is 481 g/mol. The highest BCUT2D eigenvalue weighted by atomic mass is 16.6. The molecule has 0 unspecified atom stereocenters. The molecule has 190 valence electrons. The quantitative estimate of drug-likeness (QED) is 0.397. The molecule has 0 aliphatic rings. The largest absolute Gasteiger partial charge is 0.465 e. The maximum atomic E-state index is 12.8. The molecule has 0 spiro atoms. The third-order valence-corrected chi connectivity index (χ3v) is 3.99. The van der Waals surface area contributed by atoms with Gasteiger partial charge in [-0.1, -0.05) is 30.3 Å². The highest BCUT2D eigenvalue weighted by Gasteiger charge is 2.28. The lowest BCUT2D eigenvalue weighted by atomic mass is 10.2. The van der Waals surface area contributed by atoms with E-state index >= 15 is 0 Å². The zero-order valence-corrected chi connectivity index (χ0v) is 20.6. The van der Waals surface area contributed by atoms with Crippen LogP contribution in [0.25, 0.3) is 0 Å². The number of alkyl carbamates (subject to hydrolysis) is 2. The van der Waals surface area contributed by atoms with Crippen molar-refractivity contribution >= 4 is 24.2 Å². The standard InChI is InChI=1S/C23H36N4O7/c1-22(2,3)33-19(29)25-13-12-24-18(28)17(26-20(30)34-23(4,5)6)15-27(21(31)32)14-16-10-8-7-9-11-16/h7-11,17H,12-15H2,1-6H3,(H,24,28)(H,25,29)(H,26,30)(H,31,32)/t17-/m0/s1. The highest BCUT2D eigenvalue weighted by Crippen LogP contribution is 2.09. The van der Waals surface area contributed by atoms with E-state index in [1.165, 1.54) is 0 Å². The molecule has 0 aliphatic heterocycles. The van der Waals surface area contributed by atoms with Gasteiger partial charge in [0.2, 0.25) is 5.91 Å². The van der Waals surface area contributed by atoms with Crippen LogP contribution >= 0.6 is 0 Å². The van der Waals surface area contributed by atoms with Crippen molar-refractivity contribution in [2.45, 2.75) is 65.3 Å². The Morgan fingerprint density at radius 3 is 1.94 bits per heavy atom. The van der Waals surface area contributed by atoms with Crippen LogP contribution in [0.5, 0.6) is 0 Å². The van der Waals surface area contributed by atoms with Gasteiger partial charge in [0.25, 0.3) is 0 Å². The van der Waals surface area contributed by atoms with Gasteiger partial charge in [-0.05, 0) is 47.1 Å². The lowest BCUT2D eigenvalue weighted by molar-refractivity contribution is -0.123. The number of ether oxygens (including phenoxy) is 2. The number of nitrogens with one attached hydrogen (secondary N) is 3.